The Bertz CT molecular complexity index is 1030. The third-order valence-electron chi connectivity index (χ3n) is 5.77. The number of anilines is 2. The Labute approximate surface area is 191 Å². The van der Waals surface area contributed by atoms with E-state index in [0.29, 0.717) is 61.6 Å². The highest BCUT2D eigenvalue weighted by molar-refractivity contribution is 5.88. The maximum absolute atomic E-state index is 11.9. The van der Waals surface area contributed by atoms with Gasteiger partial charge in [0.1, 0.15) is 11.5 Å². The zero-order valence-corrected chi connectivity index (χ0v) is 18.9. The normalized spacial score (nSPS) is 19.8. The van der Waals surface area contributed by atoms with E-state index < -0.39 is 6.09 Å². The Morgan fingerprint density at radius 2 is 2.06 bits per heavy atom. The van der Waals surface area contributed by atoms with Crippen molar-refractivity contribution >= 4 is 23.8 Å². The molecule has 3 N–H and O–H groups in total. The standard InChI is InChI=1S/C21H28N8O4/c1-4-15-17-14(10-29(15)21(31)32)25-18(27-19(17)28-6-7-33-11-12(28)3)13-8-24-16(9-23-13)26-20(30)22-5-2/h8-9,12,15H,4-7,10-11H2,1-3H3,(H,31,32)(H2,22,24,26,30). The Morgan fingerprint density at radius 1 is 1.24 bits per heavy atom. The summed E-state index contributed by atoms with van der Waals surface area (Å²) in [5, 5.41) is 15.0. The van der Waals surface area contributed by atoms with Gasteiger partial charge in [-0.1, -0.05) is 6.92 Å². The number of ether oxygens (including phenoxy) is 1. The first-order chi connectivity index (χ1) is 15.9. The fourth-order valence-electron chi connectivity index (χ4n) is 4.22. The number of nitrogens with one attached hydrogen (secondary N) is 2. The number of morpholine rings is 1. The predicted octanol–water partition coefficient (Wildman–Crippen LogP) is 2.24. The number of hydrogen-bond acceptors (Lipinski definition) is 8. The minimum Gasteiger partial charge on any atom is -0.465 e. The van der Waals surface area contributed by atoms with Crippen LogP contribution in [0.15, 0.2) is 12.4 Å². The molecule has 4 rings (SSSR count). The fourth-order valence-corrected chi connectivity index (χ4v) is 4.22. The number of hydrogen-bond donors (Lipinski definition) is 3. The van der Waals surface area contributed by atoms with Crippen LogP contribution in [0.5, 0.6) is 0 Å². The number of rotatable bonds is 5. The van der Waals surface area contributed by atoms with E-state index in [1.165, 1.54) is 17.3 Å². The Morgan fingerprint density at radius 3 is 2.70 bits per heavy atom. The molecule has 12 nitrogen and oxygen atoms in total. The highest BCUT2D eigenvalue weighted by Gasteiger charge is 2.39. The van der Waals surface area contributed by atoms with Gasteiger partial charge >= 0.3 is 12.1 Å². The summed E-state index contributed by atoms with van der Waals surface area (Å²) in [7, 11) is 0. The van der Waals surface area contributed by atoms with Gasteiger partial charge in [-0.3, -0.25) is 10.2 Å². The van der Waals surface area contributed by atoms with E-state index in [-0.39, 0.29) is 24.7 Å². The third-order valence-corrected chi connectivity index (χ3v) is 5.77. The van der Waals surface area contributed by atoms with Crippen molar-refractivity contribution < 1.29 is 19.4 Å². The summed E-state index contributed by atoms with van der Waals surface area (Å²) in [6.07, 6.45) is 2.57. The van der Waals surface area contributed by atoms with Gasteiger partial charge in [0, 0.05) is 18.7 Å². The second kappa shape index (κ2) is 9.53. The largest absolute Gasteiger partial charge is 0.465 e. The lowest BCUT2D eigenvalue weighted by molar-refractivity contribution is 0.0981. The van der Waals surface area contributed by atoms with Crippen LogP contribution < -0.4 is 15.5 Å². The number of urea groups is 1. The molecule has 4 heterocycles. The van der Waals surface area contributed by atoms with Crippen molar-refractivity contribution in [3.63, 3.8) is 0 Å². The lowest BCUT2D eigenvalue weighted by atomic mass is 10.0. The lowest BCUT2D eigenvalue weighted by Crippen LogP contribution is -2.45. The van der Waals surface area contributed by atoms with Crippen LogP contribution in [0.3, 0.4) is 0 Å². The van der Waals surface area contributed by atoms with E-state index in [1.54, 1.807) is 0 Å². The van der Waals surface area contributed by atoms with E-state index in [2.05, 4.69) is 37.4 Å². The minimum atomic E-state index is -0.983. The molecule has 0 spiro atoms. The first-order valence-electron chi connectivity index (χ1n) is 11.0. The molecule has 1 saturated heterocycles. The number of aromatic nitrogens is 4. The van der Waals surface area contributed by atoms with Crippen molar-refractivity contribution in [3.8, 4) is 11.5 Å². The average Bonchev–Trinajstić information content (AvgIpc) is 3.18. The first kappa shape index (κ1) is 22.6. The van der Waals surface area contributed by atoms with E-state index in [4.69, 9.17) is 9.72 Å². The molecule has 2 unspecified atom stereocenters. The van der Waals surface area contributed by atoms with Crippen LogP contribution in [0.25, 0.3) is 11.5 Å². The minimum absolute atomic E-state index is 0.0803. The van der Waals surface area contributed by atoms with Gasteiger partial charge in [0.15, 0.2) is 11.6 Å². The number of nitrogens with zero attached hydrogens (tertiary/aromatic N) is 6. The number of carbonyl (C=O) groups is 2. The van der Waals surface area contributed by atoms with Crippen molar-refractivity contribution in [2.24, 2.45) is 0 Å². The molecule has 2 atom stereocenters. The van der Waals surface area contributed by atoms with Gasteiger partial charge in [-0.05, 0) is 20.3 Å². The van der Waals surface area contributed by atoms with Crippen molar-refractivity contribution in [2.45, 2.75) is 45.8 Å². The summed E-state index contributed by atoms with van der Waals surface area (Å²) in [6, 6.07) is -0.598. The molecule has 176 valence electrons. The number of carboxylic acid groups (broad SMARTS) is 1. The zero-order valence-electron chi connectivity index (χ0n) is 18.9. The van der Waals surface area contributed by atoms with Crippen LogP contribution in [0.2, 0.25) is 0 Å². The second-order valence-electron chi connectivity index (χ2n) is 7.95. The monoisotopic (exact) mass is 456 g/mol. The number of carbonyl (C=O) groups excluding carboxylic acids is 1. The van der Waals surface area contributed by atoms with Gasteiger partial charge in [-0.15, -0.1) is 0 Å². The summed E-state index contributed by atoms with van der Waals surface area (Å²) < 4.78 is 5.59. The molecule has 33 heavy (non-hydrogen) atoms. The summed E-state index contributed by atoms with van der Waals surface area (Å²) in [5.74, 6) is 1.38. The molecule has 0 bridgehead atoms. The van der Waals surface area contributed by atoms with Crippen LogP contribution in [0, 0.1) is 0 Å². The van der Waals surface area contributed by atoms with Gasteiger partial charge in [0.25, 0.3) is 0 Å². The molecule has 2 aromatic rings. The SMILES string of the molecule is CCNC(=O)Nc1cnc(-c2nc3c(c(N4CCOCC4C)n2)C(CC)N(C(=O)O)C3)cn1. The van der Waals surface area contributed by atoms with E-state index in [1.807, 2.05) is 13.8 Å². The first-order valence-corrected chi connectivity index (χ1v) is 11.0. The molecule has 0 aliphatic carbocycles. The quantitative estimate of drug-likeness (QED) is 0.616. The summed E-state index contributed by atoms with van der Waals surface area (Å²) in [4.78, 5) is 45.3. The molecule has 3 amide bonds. The molecule has 2 aromatic heterocycles. The van der Waals surface area contributed by atoms with Crippen LogP contribution in [-0.4, -0.2) is 74.4 Å². The van der Waals surface area contributed by atoms with E-state index in [9.17, 15) is 14.7 Å². The predicted molar refractivity (Wildman–Crippen MR) is 120 cm³/mol. The molecule has 1 fully saturated rings. The summed E-state index contributed by atoms with van der Waals surface area (Å²) in [6.45, 7) is 8.30. The van der Waals surface area contributed by atoms with Crippen molar-refractivity contribution in [1.29, 1.82) is 0 Å². The van der Waals surface area contributed by atoms with Gasteiger partial charge in [-0.25, -0.2) is 29.5 Å². The number of amides is 3. The third kappa shape index (κ3) is 4.51. The van der Waals surface area contributed by atoms with Crippen LogP contribution in [0.1, 0.15) is 44.5 Å². The number of fused-ring (bicyclic) bond motifs is 1. The van der Waals surface area contributed by atoms with Crippen LogP contribution in [0.4, 0.5) is 21.2 Å². The molecular weight excluding hydrogens is 428 g/mol. The van der Waals surface area contributed by atoms with Gasteiger partial charge in [0.05, 0.1) is 49.9 Å². The summed E-state index contributed by atoms with van der Waals surface area (Å²) in [5.41, 5.74) is 1.96. The zero-order chi connectivity index (χ0) is 23.5. The molecule has 0 aromatic carbocycles. The molecular formula is C21H28N8O4. The average molecular weight is 457 g/mol. The smallest absolute Gasteiger partial charge is 0.408 e. The van der Waals surface area contributed by atoms with Gasteiger partial charge < -0.3 is 20.1 Å². The van der Waals surface area contributed by atoms with Gasteiger partial charge in [0.2, 0.25) is 0 Å². The van der Waals surface area contributed by atoms with Crippen LogP contribution in [-0.2, 0) is 11.3 Å². The van der Waals surface area contributed by atoms with Crippen molar-refractivity contribution in [1.82, 2.24) is 30.2 Å². The maximum atomic E-state index is 11.9. The molecule has 12 heteroatoms. The maximum Gasteiger partial charge on any atom is 0.408 e. The van der Waals surface area contributed by atoms with E-state index >= 15 is 0 Å². The second-order valence-corrected chi connectivity index (χ2v) is 7.95. The Balaban J connectivity index is 1.73. The lowest BCUT2D eigenvalue weighted by Gasteiger charge is -2.36. The highest BCUT2D eigenvalue weighted by Crippen LogP contribution is 2.41. The molecule has 2 aliphatic rings. The van der Waals surface area contributed by atoms with Crippen LogP contribution >= 0.6 is 0 Å². The highest BCUT2D eigenvalue weighted by atomic mass is 16.5. The van der Waals surface area contributed by atoms with Gasteiger partial charge in [-0.2, -0.15) is 0 Å². The Hall–Kier alpha value is -3.54. The van der Waals surface area contributed by atoms with Crippen molar-refractivity contribution in [2.75, 3.05) is 36.5 Å². The Kier molecular flexibility index (Phi) is 6.54. The molecule has 0 saturated carbocycles. The fraction of sp³-hybridized carbons (Fsp3) is 0.524. The summed E-state index contributed by atoms with van der Waals surface area (Å²) >= 11 is 0. The van der Waals surface area contributed by atoms with Crippen molar-refractivity contribution in [3.05, 3.63) is 23.7 Å². The molecule has 0 radical (unpaired) electrons. The van der Waals surface area contributed by atoms with E-state index in [0.717, 1.165) is 5.56 Å². The molecule has 2 aliphatic heterocycles. The topological polar surface area (TPSA) is 146 Å².